The van der Waals surface area contributed by atoms with Crippen LogP contribution in [0.1, 0.15) is 50.9 Å². The van der Waals surface area contributed by atoms with Gasteiger partial charge in [-0.15, -0.1) is 0 Å². The lowest BCUT2D eigenvalue weighted by Gasteiger charge is -2.58. The normalized spacial score (nSPS) is 22.4. The summed E-state index contributed by atoms with van der Waals surface area (Å²) < 4.78 is 0. The van der Waals surface area contributed by atoms with Crippen molar-refractivity contribution in [2.45, 2.75) is 58.9 Å². The third-order valence-corrected chi connectivity index (χ3v) is 5.40. The summed E-state index contributed by atoms with van der Waals surface area (Å²) in [6.07, 6.45) is 9.54. The molecule has 0 radical (unpaired) electrons. The van der Waals surface area contributed by atoms with E-state index in [4.69, 9.17) is 0 Å². The first-order valence-corrected chi connectivity index (χ1v) is 8.84. The second-order valence-corrected chi connectivity index (χ2v) is 7.54. The van der Waals surface area contributed by atoms with E-state index in [1.807, 2.05) is 24.2 Å². The van der Waals surface area contributed by atoms with Gasteiger partial charge in [-0.05, 0) is 31.2 Å². The number of nitrogens with one attached hydrogen (secondary N) is 1. The topological polar surface area (TPSA) is 58.1 Å². The van der Waals surface area contributed by atoms with Gasteiger partial charge in [-0.2, -0.15) is 0 Å². The number of likely N-dealkylation sites (tertiary alicyclic amines) is 1. The molecule has 2 amide bonds. The highest BCUT2D eigenvalue weighted by Crippen LogP contribution is 2.52. The molecule has 0 unspecified atom stereocenters. The van der Waals surface area contributed by atoms with E-state index in [2.05, 4.69) is 29.1 Å². The Kier molecular flexibility index (Phi) is 4.55. The zero-order chi connectivity index (χ0) is 16.4. The van der Waals surface area contributed by atoms with Gasteiger partial charge in [-0.3, -0.25) is 0 Å². The summed E-state index contributed by atoms with van der Waals surface area (Å²) in [5.41, 5.74) is 1.46. The molecule has 1 aromatic heterocycles. The summed E-state index contributed by atoms with van der Waals surface area (Å²) in [5.74, 6) is 1.31. The number of carbonyl (C=O) groups is 1. The van der Waals surface area contributed by atoms with Crippen LogP contribution in [-0.2, 0) is 6.42 Å². The number of hydrogen-bond acceptors (Lipinski definition) is 3. The molecule has 1 atom stereocenters. The van der Waals surface area contributed by atoms with Gasteiger partial charge in [0.25, 0.3) is 0 Å². The third kappa shape index (κ3) is 3.19. The fourth-order valence-electron chi connectivity index (χ4n) is 4.48. The molecule has 3 rings (SSSR count). The first kappa shape index (κ1) is 16.2. The van der Waals surface area contributed by atoms with Crippen molar-refractivity contribution in [3.63, 3.8) is 0 Å². The van der Waals surface area contributed by atoms with E-state index in [9.17, 15) is 4.79 Å². The second-order valence-electron chi connectivity index (χ2n) is 7.54. The van der Waals surface area contributed by atoms with E-state index in [0.29, 0.717) is 30.3 Å². The zero-order valence-corrected chi connectivity index (χ0v) is 14.5. The van der Waals surface area contributed by atoms with Crippen LogP contribution in [0.2, 0.25) is 0 Å². The summed E-state index contributed by atoms with van der Waals surface area (Å²) in [6, 6.07) is 0.481. The number of rotatable bonds is 4. The third-order valence-electron chi connectivity index (χ3n) is 5.40. The smallest absolute Gasteiger partial charge is 0.317 e. The number of amides is 2. The van der Waals surface area contributed by atoms with Gasteiger partial charge in [0, 0.05) is 43.4 Å². The number of hydrogen-bond donors (Lipinski definition) is 1. The molecule has 2 heterocycles. The fraction of sp³-hybridized carbons (Fsp3) is 0.722. The molecular formula is C18H28N4O. The van der Waals surface area contributed by atoms with Crippen molar-refractivity contribution in [3.8, 4) is 0 Å². The molecule has 1 N–H and O–H groups in total. The van der Waals surface area contributed by atoms with Crippen molar-refractivity contribution in [2.75, 3.05) is 13.1 Å². The van der Waals surface area contributed by atoms with Crippen molar-refractivity contribution in [1.29, 1.82) is 0 Å². The number of urea groups is 1. The molecule has 2 fully saturated rings. The molecule has 2 aliphatic rings. The van der Waals surface area contributed by atoms with Crippen LogP contribution in [0, 0.1) is 18.3 Å². The average molecular weight is 316 g/mol. The Bertz CT molecular complexity index is 549. The Morgan fingerprint density at radius 1 is 1.35 bits per heavy atom. The first-order valence-electron chi connectivity index (χ1n) is 8.84. The van der Waals surface area contributed by atoms with Gasteiger partial charge in [-0.25, -0.2) is 14.8 Å². The zero-order valence-electron chi connectivity index (χ0n) is 14.5. The molecule has 23 heavy (non-hydrogen) atoms. The summed E-state index contributed by atoms with van der Waals surface area (Å²) in [6.45, 7) is 7.98. The van der Waals surface area contributed by atoms with E-state index in [1.165, 1.54) is 25.7 Å². The van der Waals surface area contributed by atoms with Crippen LogP contribution in [0.4, 0.5) is 4.79 Å². The first-order chi connectivity index (χ1) is 11.0. The van der Waals surface area contributed by atoms with Gasteiger partial charge in [0.1, 0.15) is 5.82 Å². The fourth-order valence-corrected chi connectivity index (χ4v) is 4.48. The van der Waals surface area contributed by atoms with Gasteiger partial charge < -0.3 is 10.2 Å². The van der Waals surface area contributed by atoms with Crippen molar-refractivity contribution in [2.24, 2.45) is 11.3 Å². The summed E-state index contributed by atoms with van der Waals surface area (Å²) in [4.78, 5) is 23.1. The average Bonchev–Trinajstić information content (AvgIpc) is 2.97. The van der Waals surface area contributed by atoms with Gasteiger partial charge in [0.2, 0.25) is 0 Å². The highest BCUT2D eigenvalue weighted by Gasteiger charge is 2.56. The second kappa shape index (κ2) is 6.46. The Morgan fingerprint density at radius 2 is 2.00 bits per heavy atom. The van der Waals surface area contributed by atoms with Crippen LogP contribution in [0.25, 0.3) is 0 Å². The van der Waals surface area contributed by atoms with Gasteiger partial charge in [-0.1, -0.05) is 26.7 Å². The molecule has 1 spiro atoms. The van der Waals surface area contributed by atoms with Gasteiger partial charge >= 0.3 is 6.03 Å². The molecule has 1 aromatic rings. The Balaban J connectivity index is 1.51. The number of carbonyl (C=O) groups excluding carboxylic acids is 1. The van der Waals surface area contributed by atoms with Crippen LogP contribution in [0.5, 0.6) is 0 Å². The maximum absolute atomic E-state index is 12.5. The number of aromatic nitrogens is 2. The lowest BCUT2D eigenvalue weighted by Crippen LogP contribution is -2.69. The van der Waals surface area contributed by atoms with Crippen LogP contribution in [-0.4, -0.2) is 40.0 Å². The molecule has 1 saturated carbocycles. The monoisotopic (exact) mass is 316 g/mol. The van der Waals surface area contributed by atoms with E-state index in [1.54, 1.807) is 0 Å². The minimum absolute atomic E-state index is 0.0772. The molecule has 1 saturated heterocycles. The lowest BCUT2D eigenvalue weighted by molar-refractivity contribution is -0.0614. The minimum atomic E-state index is 0.0772. The predicted molar refractivity (Wildman–Crippen MR) is 90.1 cm³/mol. The van der Waals surface area contributed by atoms with E-state index in [-0.39, 0.29) is 6.03 Å². The van der Waals surface area contributed by atoms with Crippen LogP contribution < -0.4 is 5.32 Å². The maximum atomic E-state index is 12.5. The Morgan fingerprint density at radius 3 is 2.61 bits per heavy atom. The number of aryl methyl sites for hydroxylation is 1. The van der Waals surface area contributed by atoms with Crippen LogP contribution in [0.15, 0.2) is 12.4 Å². The lowest BCUT2D eigenvalue weighted by atomic mass is 9.66. The number of nitrogens with zero attached hydrogens (tertiary/aromatic N) is 3. The molecule has 1 aliphatic carbocycles. The van der Waals surface area contributed by atoms with Crippen LogP contribution >= 0.6 is 0 Å². The largest absolute Gasteiger partial charge is 0.338 e. The summed E-state index contributed by atoms with van der Waals surface area (Å²) >= 11 is 0. The standard InChI is InChI=1S/C18H28N4O/c1-13(2)16-18(7-4-5-8-18)12-22(16)17(23)19-9-6-15-20-10-14(3)11-21-15/h10-11,13,16H,4-9,12H2,1-3H3,(H,19,23)/t16-/m1/s1. The molecule has 126 valence electrons. The minimum Gasteiger partial charge on any atom is -0.338 e. The van der Waals surface area contributed by atoms with Gasteiger partial charge in [0.15, 0.2) is 0 Å². The Labute approximate surface area is 138 Å². The summed E-state index contributed by atoms with van der Waals surface area (Å²) in [7, 11) is 0. The predicted octanol–water partition coefficient (Wildman–Crippen LogP) is 2.94. The van der Waals surface area contributed by atoms with Crippen molar-refractivity contribution in [1.82, 2.24) is 20.2 Å². The maximum Gasteiger partial charge on any atom is 0.317 e. The van der Waals surface area contributed by atoms with Gasteiger partial charge in [0.05, 0.1) is 0 Å². The van der Waals surface area contributed by atoms with E-state index >= 15 is 0 Å². The van der Waals surface area contributed by atoms with Crippen LogP contribution in [0.3, 0.4) is 0 Å². The van der Waals surface area contributed by atoms with Crippen molar-refractivity contribution < 1.29 is 4.79 Å². The van der Waals surface area contributed by atoms with E-state index in [0.717, 1.165) is 17.9 Å². The molecule has 0 aromatic carbocycles. The summed E-state index contributed by atoms with van der Waals surface area (Å²) in [5, 5.41) is 3.05. The van der Waals surface area contributed by atoms with Crippen molar-refractivity contribution in [3.05, 3.63) is 23.8 Å². The van der Waals surface area contributed by atoms with Crippen molar-refractivity contribution >= 4 is 6.03 Å². The molecular weight excluding hydrogens is 288 g/mol. The molecule has 5 heteroatoms. The highest BCUT2D eigenvalue weighted by molar-refractivity contribution is 5.76. The molecule has 5 nitrogen and oxygen atoms in total. The highest BCUT2D eigenvalue weighted by atomic mass is 16.2. The quantitative estimate of drug-likeness (QED) is 0.929. The Hall–Kier alpha value is -1.65. The molecule has 1 aliphatic heterocycles. The molecule has 0 bridgehead atoms. The SMILES string of the molecule is Cc1cnc(CCNC(=O)N2CC3(CCCC3)[C@H]2C(C)C)nc1. The van der Waals surface area contributed by atoms with E-state index < -0.39 is 0 Å².